The van der Waals surface area contributed by atoms with Crippen LogP contribution in [0.2, 0.25) is 0 Å². The van der Waals surface area contributed by atoms with E-state index in [1.165, 1.54) is 11.3 Å². The molecule has 0 aliphatic carbocycles. The van der Waals surface area contributed by atoms with Crippen LogP contribution in [-0.4, -0.2) is 35.6 Å². The van der Waals surface area contributed by atoms with Crippen molar-refractivity contribution in [3.05, 3.63) is 28.8 Å². The molecule has 0 amide bonds. The first-order chi connectivity index (χ1) is 9.22. The Bertz CT molecular complexity index is 542. The van der Waals surface area contributed by atoms with Crippen molar-refractivity contribution < 1.29 is 9.84 Å². The van der Waals surface area contributed by atoms with Crippen molar-refractivity contribution >= 4 is 11.3 Å². The summed E-state index contributed by atoms with van der Waals surface area (Å²) >= 11 is 1.53. The summed E-state index contributed by atoms with van der Waals surface area (Å²) in [7, 11) is 1.68. The molecule has 2 rings (SSSR count). The van der Waals surface area contributed by atoms with Crippen molar-refractivity contribution in [1.29, 1.82) is 0 Å². The molecule has 0 aliphatic heterocycles. The quantitative estimate of drug-likeness (QED) is 0.791. The Morgan fingerprint density at radius 3 is 3.00 bits per heavy atom. The van der Waals surface area contributed by atoms with Gasteiger partial charge in [0, 0.05) is 31.3 Å². The topological polar surface area (TPSA) is 67.3 Å². The minimum atomic E-state index is 0.285. The summed E-state index contributed by atoms with van der Waals surface area (Å²) in [6, 6.07) is 5.43. The van der Waals surface area contributed by atoms with Gasteiger partial charge in [-0.05, 0) is 13.0 Å². The van der Waals surface area contributed by atoms with Crippen LogP contribution in [0.1, 0.15) is 10.6 Å². The highest BCUT2D eigenvalue weighted by molar-refractivity contribution is 7.14. The third kappa shape index (κ3) is 3.50. The van der Waals surface area contributed by atoms with E-state index < -0.39 is 0 Å². The molecule has 0 atom stereocenters. The van der Waals surface area contributed by atoms with Crippen molar-refractivity contribution in [2.75, 3.05) is 20.3 Å². The zero-order chi connectivity index (χ0) is 13.7. The molecule has 1 aromatic carbocycles. The summed E-state index contributed by atoms with van der Waals surface area (Å²) in [5.41, 5.74) is 1.76. The van der Waals surface area contributed by atoms with Crippen LogP contribution in [0.15, 0.2) is 18.2 Å². The molecule has 1 aromatic heterocycles. The van der Waals surface area contributed by atoms with Gasteiger partial charge in [-0.2, -0.15) is 0 Å². The third-order valence-corrected chi connectivity index (χ3v) is 3.72. The monoisotopic (exact) mass is 279 g/mol. The van der Waals surface area contributed by atoms with Gasteiger partial charge in [0.05, 0.1) is 6.61 Å². The van der Waals surface area contributed by atoms with E-state index in [0.29, 0.717) is 13.2 Å². The summed E-state index contributed by atoms with van der Waals surface area (Å²) < 4.78 is 4.96. The first-order valence-corrected chi connectivity index (χ1v) is 6.85. The van der Waals surface area contributed by atoms with Crippen LogP contribution in [0.3, 0.4) is 0 Å². The third-order valence-electron chi connectivity index (χ3n) is 2.76. The van der Waals surface area contributed by atoms with Crippen LogP contribution in [0.5, 0.6) is 5.75 Å². The zero-order valence-corrected chi connectivity index (χ0v) is 11.8. The number of nitrogens with zero attached hydrogens (tertiary/aromatic N) is 2. The van der Waals surface area contributed by atoms with Crippen molar-refractivity contribution in [2.24, 2.45) is 0 Å². The van der Waals surface area contributed by atoms with Gasteiger partial charge in [0.2, 0.25) is 0 Å². The van der Waals surface area contributed by atoms with Gasteiger partial charge < -0.3 is 15.2 Å². The predicted molar refractivity (Wildman–Crippen MR) is 75.3 cm³/mol. The van der Waals surface area contributed by atoms with Crippen LogP contribution in [0.25, 0.3) is 10.6 Å². The highest BCUT2D eigenvalue weighted by Gasteiger charge is 2.10. The van der Waals surface area contributed by atoms with Crippen molar-refractivity contribution in [3.8, 4) is 16.3 Å². The summed E-state index contributed by atoms with van der Waals surface area (Å²) in [6.07, 6.45) is 0. The normalized spacial score (nSPS) is 10.8. The Morgan fingerprint density at radius 1 is 1.37 bits per heavy atom. The molecule has 0 saturated heterocycles. The second-order valence-corrected chi connectivity index (χ2v) is 5.18. The minimum absolute atomic E-state index is 0.285. The molecular formula is C13H17N3O2S. The van der Waals surface area contributed by atoms with Gasteiger partial charge in [-0.3, -0.25) is 0 Å². The molecule has 0 spiro atoms. The molecule has 0 unspecified atom stereocenters. The molecule has 6 heteroatoms. The van der Waals surface area contributed by atoms with Gasteiger partial charge in [0.15, 0.2) is 0 Å². The summed E-state index contributed by atoms with van der Waals surface area (Å²) in [4.78, 5) is 0. The summed E-state index contributed by atoms with van der Waals surface area (Å²) in [5, 5.41) is 23.0. The molecule has 0 bridgehead atoms. The number of benzene rings is 1. The molecule has 0 radical (unpaired) electrons. The lowest BCUT2D eigenvalue weighted by Gasteiger charge is -2.03. The standard InChI is InChI=1S/C13H17N3O2S/c1-9-10(4-3-5-11(9)17)13-16-15-12(19-13)8-14-6-7-18-2/h3-5,14,17H,6-8H2,1-2H3. The van der Waals surface area contributed by atoms with Crippen LogP contribution in [-0.2, 0) is 11.3 Å². The maximum absolute atomic E-state index is 9.70. The molecule has 1 heterocycles. The van der Waals surface area contributed by atoms with Crippen LogP contribution < -0.4 is 5.32 Å². The fourth-order valence-electron chi connectivity index (χ4n) is 1.66. The zero-order valence-electron chi connectivity index (χ0n) is 11.0. The highest BCUT2D eigenvalue weighted by Crippen LogP contribution is 2.30. The molecule has 0 saturated carbocycles. The van der Waals surface area contributed by atoms with E-state index in [1.54, 1.807) is 13.2 Å². The van der Waals surface area contributed by atoms with E-state index >= 15 is 0 Å². The molecule has 5 nitrogen and oxygen atoms in total. The van der Waals surface area contributed by atoms with Crippen LogP contribution >= 0.6 is 11.3 Å². The van der Waals surface area contributed by atoms with Gasteiger partial charge in [-0.25, -0.2) is 0 Å². The first kappa shape index (κ1) is 13.9. The lowest BCUT2D eigenvalue weighted by Crippen LogP contribution is -2.18. The molecule has 2 N–H and O–H groups in total. The van der Waals surface area contributed by atoms with Crippen LogP contribution in [0.4, 0.5) is 0 Å². The van der Waals surface area contributed by atoms with Crippen molar-refractivity contribution in [1.82, 2.24) is 15.5 Å². The number of phenols is 1. The SMILES string of the molecule is COCCNCc1nnc(-c2cccc(O)c2C)s1. The fourth-order valence-corrected chi connectivity index (χ4v) is 2.55. The van der Waals surface area contributed by atoms with Gasteiger partial charge in [-0.15, -0.1) is 10.2 Å². The summed E-state index contributed by atoms with van der Waals surface area (Å²) in [5.74, 6) is 0.285. The Morgan fingerprint density at radius 2 is 2.21 bits per heavy atom. The van der Waals surface area contributed by atoms with E-state index in [0.717, 1.165) is 27.7 Å². The number of nitrogens with one attached hydrogen (secondary N) is 1. The van der Waals surface area contributed by atoms with Gasteiger partial charge in [0.25, 0.3) is 0 Å². The van der Waals surface area contributed by atoms with E-state index in [9.17, 15) is 5.11 Å². The average molecular weight is 279 g/mol. The highest BCUT2D eigenvalue weighted by atomic mass is 32.1. The number of aromatic hydroxyl groups is 1. The molecule has 19 heavy (non-hydrogen) atoms. The predicted octanol–water partition coefficient (Wildman–Crippen LogP) is 1.96. The number of ether oxygens (including phenoxy) is 1. The Labute approximate surface area is 116 Å². The smallest absolute Gasteiger partial charge is 0.148 e. The van der Waals surface area contributed by atoms with E-state index in [4.69, 9.17) is 4.74 Å². The Balaban J connectivity index is 2.06. The second kappa shape index (κ2) is 6.60. The van der Waals surface area contributed by atoms with E-state index in [2.05, 4.69) is 15.5 Å². The summed E-state index contributed by atoms with van der Waals surface area (Å²) in [6.45, 7) is 4.02. The number of rotatable bonds is 6. The first-order valence-electron chi connectivity index (χ1n) is 6.03. The van der Waals surface area contributed by atoms with Gasteiger partial charge >= 0.3 is 0 Å². The lowest BCUT2D eigenvalue weighted by molar-refractivity contribution is 0.199. The van der Waals surface area contributed by atoms with Crippen molar-refractivity contribution in [2.45, 2.75) is 13.5 Å². The molecular weight excluding hydrogens is 262 g/mol. The lowest BCUT2D eigenvalue weighted by atomic mass is 10.1. The number of hydrogen-bond donors (Lipinski definition) is 2. The number of hydrogen-bond acceptors (Lipinski definition) is 6. The molecule has 102 valence electrons. The maximum atomic E-state index is 9.70. The largest absolute Gasteiger partial charge is 0.508 e. The van der Waals surface area contributed by atoms with Gasteiger partial charge in [-0.1, -0.05) is 23.5 Å². The minimum Gasteiger partial charge on any atom is -0.508 e. The number of aromatic nitrogens is 2. The average Bonchev–Trinajstić information content (AvgIpc) is 2.87. The Kier molecular flexibility index (Phi) is 4.84. The molecule has 0 fully saturated rings. The molecule has 0 aliphatic rings. The second-order valence-electron chi connectivity index (χ2n) is 4.12. The van der Waals surface area contributed by atoms with E-state index in [-0.39, 0.29) is 5.75 Å². The van der Waals surface area contributed by atoms with Crippen molar-refractivity contribution in [3.63, 3.8) is 0 Å². The fraction of sp³-hybridized carbons (Fsp3) is 0.385. The van der Waals surface area contributed by atoms with E-state index in [1.807, 2.05) is 19.1 Å². The van der Waals surface area contributed by atoms with Crippen LogP contribution in [0, 0.1) is 6.92 Å². The maximum Gasteiger partial charge on any atom is 0.148 e. The number of methoxy groups -OCH3 is 1. The number of phenolic OH excluding ortho intramolecular Hbond substituents is 1. The molecule has 2 aromatic rings. The Hall–Kier alpha value is -1.50. The van der Waals surface area contributed by atoms with Gasteiger partial charge in [0.1, 0.15) is 15.8 Å².